The molecule has 0 fully saturated rings. The number of rotatable bonds is 5. The molecule has 2 aromatic heterocycles. The first-order chi connectivity index (χ1) is 16.5. The second kappa shape index (κ2) is 8.94. The number of halogens is 3. The summed E-state index contributed by atoms with van der Waals surface area (Å²) >= 11 is 0. The fraction of sp³-hybridized carbons (Fsp3) is 0.240. The highest BCUT2D eigenvalue weighted by Crippen LogP contribution is 2.32. The Morgan fingerprint density at radius 1 is 1.09 bits per heavy atom. The summed E-state index contributed by atoms with van der Waals surface area (Å²) in [5, 5.41) is 2.98. The molecule has 0 saturated carbocycles. The average molecular weight is 484 g/mol. The summed E-state index contributed by atoms with van der Waals surface area (Å²) < 4.78 is 55.4. The van der Waals surface area contributed by atoms with Gasteiger partial charge in [-0.25, -0.2) is 23.5 Å². The highest BCUT2D eigenvalue weighted by molar-refractivity contribution is 5.92. The zero-order chi connectivity index (χ0) is 25.5. The third-order valence-electron chi connectivity index (χ3n) is 5.12. The molecule has 182 valence electrons. The van der Waals surface area contributed by atoms with Crippen LogP contribution in [0.15, 0.2) is 42.9 Å². The van der Waals surface area contributed by atoms with Crippen LogP contribution in [0.1, 0.15) is 36.7 Å². The molecule has 4 aromatic rings. The molecular formula is C25H23F3N4O3. The number of ether oxygens (including phenoxy) is 2. The zero-order valence-electron chi connectivity index (χ0n) is 19.7. The van der Waals surface area contributed by atoms with Crippen LogP contribution in [0.3, 0.4) is 0 Å². The lowest BCUT2D eigenvalue weighted by atomic mass is 10.1. The number of nitrogens with one attached hydrogen (secondary N) is 1. The minimum atomic E-state index is -1.11. The molecule has 1 N–H and O–H groups in total. The Labute approximate surface area is 199 Å². The third kappa shape index (κ3) is 4.64. The molecule has 0 aliphatic heterocycles. The summed E-state index contributed by atoms with van der Waals surface area (Å²) in [4.78, 5) is 20.9. The summed E-state index contributed by atoms with van der Waals surface area (Å²) in [6.07, 6.45) is 4.36. The van der Waals surface area contributed by atoms with Crippen LogP contribution < -0.4 is 10.1 Å². The van der Waals surface area contributed by atoms with Gasteiger partial charge in [-0.3, -0.25) is 4.40 Å². The van der Waals surface area contributed by atoms with E-state index in [0.29, 0.717) is 16.9 Å². The van der Waals surface area contributed by atoms with Gasteiger partial charge < -0.3 is 14.8 Å². The van der Waals surface area contributed by atoms with E-state index in [9.17, 15) is 18.0 Å². The number of esters is 1. The van der Waals surface area contributed by atoms with E-state index in [2.05, 4.69) is 15.3 Å². The number of hydrogen-bond donors (Lipinski definition) is 1. The molecule has 0 bridgehead atoms. The molecule has 0 aliphatic carbocycles. The van der Waals surface area contributed by atoms with E-state index in [4.69, 9.17) is 9.47 Å². The number of carbonyl (C=O) groups excluding carboxylic acids is 1. The molecule has 0 amide bonds. The molecule has 0 spiro atoms. The van der Waals surface area contributed by atoms with Crippen molar-refractivity contribution in [2.75, 3.05) is 12.4 Å². The van der Waals surface area contributed by atoms with Crippen molar-refractivity contribution >= 4 is 23.1 Å². The van der Waals surface area contributed by atoms with Gasteiger partial charge in [-0.05, 0) is 57.5 Å². The van der Waals surface area contributed by atoms with Crippen LogP contribution in [0.4, 0.5) is 24.7 Å². The molecule has 0 unspecified atom stereocenters. The molecule has 35 heavy (non-hydrogen) atoms. The zero-order valence-corrected chi connectivity index (χ0v) is 19.7. The summed E-state index contributed by atoms with van der Waals surface area (Å²) in [5.74, 6) is -3.66. The van der Waals surface area contributed by atoms with Crippen LogP contribution in [0, 0.1) is 24.4 Å². The number of fused-ring (bicyclic) bond motifs is 1. The molecule has 10 heteroatoms. The third-order valence-corrected chi connectivity index (χ3v) is 5.12. The number of aryl methyl sites for hydroxylation is 1. The molecule has 0 atom stereocenters. The summed E-state index contributed by atoms with van der Waals surface area (Å²) in [5.41, 5.74) is 0.331. The number of aromatic nitrogens is 3. The Hall–Kier alpha value is -4.08. The first-order valence-corrected chi connectivity index (χ1v) is 10.6. The highest BCUT2D eigenvalue weighted by Gasteiger charge is 2.24. The fourth-order valence-electron chi connectivity index (χ4n) is 3.63. The molecule has 0 radical (unpaired) electrons. The lowest BCUT2D eigenvalue weighted by Crippen LogP contribution is -2.25. The Kier molecular flexibility index (Phi) is 6.14. The van der Waals surface area contributed by atoms with Gasteiger partial charge in [-0.2, -0.15) is 4.39 Å². The van der Waals surface area contributed by atoms with Crippen molar-refractivity contribution in [3.05, 3.63) is 71.4 Å². The average Bonchev–Trinajstić information content (AvgIpc) is 3.19. The predicted octanol–water partition coefficient (Wildman–Crippen LogP) is 5.83. The summed E-state index contributed by atoms with van der Waals surface area (Å²) in [6, 6.07) is 5.45. The molecule has 2 aromatic carbocycles. The van der Waals surface area contributed by atoms with Crippen LogP contribution in [0.2, 0.25) is 0 Å². The van der Waals surface area contributed by atoms with Gasteiger partial charge in [0.1, 0.15) is 11.4 Å². The van der Waals surface area contributed by atoms with Crippen molar-refractivity contribution in [2.45, 2.75) is 33.3 Å². The fourth-order valence-corrected chi connectivity index (χ4v) is 3.63. The number of imidazole rings is 1. The van der Waals surface area contributed by atoms with Crippen molar-refractivity contribution in [3.63, 3.8) is 0 Å². The smallest absolute Gasteiger partial charge is 0.341 e. The topological polar surface area (TPSA) is 77.8 Å². The highest BCUT2D eigenvalue weighted by atomic mass is 19.2. The Morgan fingerprint density at radius 2 is 1.83 bits per heavy atom. The van der Waals surface area contributed by atoms with Gasteiger partial charge in [0.25, 0.3) is 0 Å². The maximum atomic E-state index is 14.9. The summed E-state index contributed by atoms with van der Waals surface area (Å²) in [7, 11) is 1.25. The molecule has 2 heterocycles. The molecule has 0 aliphatic rings. The largest absolute Gasteiger partial charge is 0.494 e. The van der Waals surface area contributed by atoms with Gasteiger partial charge in [0.2, 0.25) is 5.82 Å². The maximum Gasteiger partial charge on any atom is 0.341 e. The van der Waals surface area contributed by atoms with E-state index >= 15 is 0 Å². The molecule has 4 rings (SSSR count). The van der Waals surface area contributed by atoms with Crippen LogP contribution in [-0.4, -0.2) is 33.0 Å². The lowest BCUT2D eigenvalue weighted by Gasteiger charge is -2.20. The Morgan fingerprint density at radius 3 is 2.49 bits per heavy atom. The number of methoxy groups -OCH3 is 1. The van der Waals surface area contributed by atoms with Crippen LogP contribution in [0.25, 0.3) is 16.9 Å². The van der Waals surface area contributed by atoms with E-state index in [1.165, 1.54) is 36.0 Å². The van der Waals surface area contributed by atoms with E-state index in [1.54, 1.807) is 40.0 Å². The second-order valence-corrected chi connectivity index (χ2v) is 8.83. The van der Waals surface area contributed by atoms with Crippen LogP contribution in [-0.2, 0) is 4.74 Å². The van der Waals surface area contributed by atoms with Crippen molar-refractivity contribution < 1.29 is 27.4 Å². The quantitative estimate of drug-likeness (QED) is 0.359. The molecule has 7 nitrogen and oxygen atoms in total. The molecular weight excluding hydrogens is 461 g/mol. The SMILES string of the molecule is COc1ccc(-c2cnc3c(Nc4cc(C)c(C(=O)OC(C)(C)C)c(F)c4)nccn23)c(F)c1F. The monoisotopic (exact) mass is 484 g/mol. The lowest BCUT2D eigenvalue weighted by molar-refractivity contribution is 0.00639. The second-order valence-electron chi connectivity index (χ2n) is 8.83. The van der Waals surface area contributed by atoms with Crippen LogP contribution in [0.5, 0.6) is 5.75 Å². The number of benzene rings is 2. The van der Waals surface area contributed by atoms with E-state index < -0.39 is 29.0 Å². The number of carbonyl (C=O) groups is 1. The standard InChI is InChI=1S/C25H23F3N4O3/c1-13-10-14(11-16(26)19(13)24(33)35-25(2,3)4)31-22-23-30-12-17(32(23)9-8-29-22)15-6-7-18(34-5)21(28)20(15)27/h6-12H,1-5H3,(H,29,31). The van der Waals surface area contributed by atoms with Crippen molar-refractivity contribution in [1.29, 1.82) is 0 Å². The summed E-state index contributed by atoms with van der Waals surface area (Å²) in [6.45, 7) is 6.69. The first-order valence-electron chi connectivity index (χ1n) is 10.6. The Bertz CT molecular complexity index is 1420. The minimum absolute atomic E-state index is 0.0171. The minimum Gasteiger partial charge on any atom is -0.494 e. The predicted molar refractivity (Wildman–Crippen MR) is 124 cm³/mol. The van der Waals surface area contributed by atoms with Gasteiger partial charge in [-0.15, -0.1) is 0 Å². The first kappa shape index (κ1) is 24.1. The molecule has 0 saturated heterocycles. The maximum absolute atomic E-state index is 14.9. The van der Waals surface area contributed by atoms with Gasteiger partial charge >= 0.3 is 5.97 Å². The van der Waals surface area contributed by atoms with Crippen molar-refractivity contribution in [1.82, 2.24) is 14.4 Å². The van der Waals surface area contributed by atoms with Gasteiger partial charge in [0.15, 0.2) is 23.0 Å². The number of hydrogen-bond acceptors (Lipinski definition) is 6. The number of nitrogens with zero attached hydrogens (tertiary/aromatic N) is 3. The van der Waals surface area contributed by atoms with E-state index in [1.807, 2.05) is 0 Å². The van der Waals surface area contributed by atoms with Gasteiger partial charge in [0, 0.05) is 23.6 Å². The van der Waals surface area contributed by atoms with Crippen molar-refractivity contribution in [2.24, 2.45) is 0 Å². The number of anilines is 2. The van der Waals surface area contributed by atoms with Crippen molar-refractivity contribution in [3.8, 4) is 17.0 Å². The van der Waals surface area contributed by atoms with Gasteiger partial charge in [0.05, 0.1) is 24.6 Å². The normalized spacial score (nSPS) is 11.5. The van der Waals surface area contributed by atoms with Gasteiger partial charge in [-0.1, -0.05) is 0 Å². The van der Waals surface area contributed by atoms with E-state index in [-0.39, 0.29) is 28.4 Å². The van der Waals surface area contributed by atoms with E-state index in [0.717, 1.165) is 6.07 Å². The Balaban J connectivity index is 1.70. The van der Waals surface area contributed by atoms with Crippen LogP contribution >= 0.6 is 0 Å².